The smallest absolute Gasteiger partial charge is 0.274 e. The molecule has 0 saturated heterocycles. The fourth-order valence-corrected chi connectivity index (χ4v) is 6.43. The number of unbranched alkanes of at least 4 members (excludes halogenated alkanes) is 1. The second kappa shape index (κ2) is 6.71. The summed E-state index contributed by atoms with van der Waals surface area (Å²) >= 11 is 0. The molecule has 0 aliphatic heterocycles. The Morgan fingerprint density at radius 3 is 2.32 bits per heavy atom. The molecule has 148 valence electrons. The fraction of sp³-hybridized carbons (Fsp3) is 0.609. The van der Waals surface area contributed by atoms with E-state index in [0.29, 0.717) is 23.0 Å². The summed E-state index contributed by atoms with van der Waals surface area (Å²) in [5.74, 6) is 2.21. The fourth-order valence-electron chi connectivity index (χ4n) is 6.43. The Labute approximate surface area is 165 Å². The van der Waals surface area contributed by atoms with Gasteiger partial charge in [0.2, 0.25) is 0 Å². The Morgan fingerprint density at radius 2 is 1.71 bits per heavy atom. The van der Waals surface area contributed by atoms with Crippen molar-refractivity contribution in [2.75, 3.05) is 0 Å². The zero-order chi connectivity index (χ0) is 19.3. The number of aromatic nitrogens is 2. The molecule has 4 saturated carbocycles. The third-order valence-electron chi connectivity index (χ3n) is 7.22. The highest BCUT2D eigenvalue weighted by molar-refractivity contribution is 6.05. The molecule has 1 N–H and O–H groups in total. The first kappa shape index (κ1) is 17.9. The van der Waals surface area contributed by atoms with Gasteiger partial charge in [0.25, 0.3) is 11.5 Å². The molecule has 1 heterocycles. The molecule has 1 aromatic heterocycles. The minimum absolute atomic E-state index is 0.0565. The Hall–Kier alpha value is -2.17. The second-order valence-electron chi connectivity index (χ2n) is 9.43. The molecule has 1 amide bonds. The second-order valence-corrected chi connectivity index (χ2v) is 9.43. The summed E-state index contributed by atoms with van der Waals surface area (Å²) in [5.41, 5.74) is 0.247. The van der Waals surface area contributed by atoms with Crippen molar-refractivity contribution in [2.45, 2.75) is 70.4 Å². The van der Waals surface area contributed by atoms with E-state index >= 15 is 0 Å². The van der Waals surface area contributed by atoms with E-state index in [1.54, 1.807) is 0 Å². The lowest BCUT2D eigenvalue weighted by Gasteiger charge is -2.56. The van der Waals surface area contributed by atoms with E-state index in [9.17, 15) is 9.59 Å². The highest BCUT2D eigenvalue weighted by atomic mass is 16.2. The maximum atomic E-state index is 13.4. The van der Waals surface area contributed by atoms with Crippen molar-refractivity contribution >= 4 is 16.7 Å². The molecule has 1 aromatic carbocycles. The van der Waals surface area contributed by atoms with Crippen molar-refractivity contribution in [3.63, 3.8) is 0 Å². The van der Waals surface area contributed by atoms with Gasteiger partial charge in [-0.05, 0) is 68.8 Å². The van der Waals surface area contributed by atoms with Gasteiger partial charge in [0.05, 0.1) is 5.39 Å². The maximum Gasteiger partial charge on any atom is 0.274 e. The van der Waals surface area contributed by atoms with Crippen LogP contribution in [-0.2, 0) is 6.54 Å². The Bertz CT molecular complexity index is 942. The summed E-state index contributed by atoms with van der Waals surface area (Å²) in [5, 5.41) is 9.20. The monoisotopic (exact) mass is 379 g/mol. The van der Waals surface area contributed by atoms with Crippen LogP contribution in [0.25, 0.3) is 10.8 Å². The van der Waals surface area contributed by atoms with Crippen molar-refractivity contribution < 1.29 is 4.79 Å². The quantitative estimate of drug-likeness (QED) is 0.857. The molecular formula is C23H29N3O2. The number of hydrogen-bond acceptors (Lipinski definition) is 3. The minimum Gasteiger partial charge on any atom is -0.345 e. The van der Waals surface area contributed by atoms with Crippen LogP contribution in [0.1, 0.15) is 68.8 Å². The SMILES string of the molecule is CCCCn1nc(C(=O)NC23CC4CC(CC(C4)C2)C3)c2ccccc2c1=O. The maximum absolute atomic E-state index is 13.4. The average molecular weight is 380 g/mol. The molecule has 2 aromatic rings. The molecule has 4 bridgehead atoms. The van der Waals surface area contributed by atoms with Gasteiger partial charge in [0, 0.05) is 17.5 Å². The number of fused-ring (bicyclic) bond motifs is 1. The third kappa shape index (κ3) is 2.96. The van der Waals surface area contributed by atoms with Crippen LogP contribution in [0.2, 0.25) is 0 Å². The summed E-state index contributed by atoms with van der Waals surface area (Å²) < 4.78 is 1.49. The number of nitrogens with one attached hydrogen (secondary N) is 1. The van der Waals surface area contributed by atoms with E-state index in [4.69, 9.17) is 0 Å². The largest absolute Gasteiger partial charge is 0.345 e. The predicted octanol–water partition coefficient (Wildman–Crippen LogP) is 3.90. The van der Waals surface area contributed by atoms with Crippen LogP contribution in [-0.4, -0.2) is 21.2 Å². The Balaban J connectivity index is 1.51. The molecule has 4 fully saturated rings. The third-order valence-corrected chi connectivity index (χ3v) is 7.22. The molecule has 0 spiro atoms. The summed E-state index contributed by atoms with van der Waals surface area (Å²) in [7, 11) is 0. The van der Waals surface area contributed by atoms with Gasteiger partial charge in [-0.2, -0.15) is 5.10 Å². The van der Waals surface area contributed by atoms with E-state index in [1.165, 1.54) is 23.9 Å². The Morgan fingerprint density at radius 1 is 1.11 bits per heavy atom. The zero-order valence-corrected chi connectivity index (χ0v) is 16.6. The molecule has 0 radical (unpaired) electrons. The number of carbonyl (C=O) groups is 1. The van der Waals surface area contributed by atoms with E-state index in [1.807, 2.05) is 24.3 Å². The zero-order valence-electron chi connectivity index (χ0n) is 16.6. The van der Waals surface area contributed by atoms with Crippen molar-refractivity contribution in [1.82, 2.24) is 15.1 Å². The van der Waals surface area contributed by atoms with E-state index in [0.717, 1.165) is 49.9 Å². The van der Waals surface area contributed by atoms with Gasteiger partial charge in [0.1, 0.15) is 0 Å². The van der Waals surface area contributed by atoms with Gasteiger partial charge in [-0.3, -0.25) is 9.59 Å². The molecule has 6 rings (SSSR count). The Kier molecular flexibility index (Phi) is 4.29. The molecule has 5 nitrogen and oxygen atoms in total. The summed E-state index contributed by atoms with van der Waals surface area (Å²) in [6.07, 6.45) is 9.22. The van der Waals surface area contributed by atoms with E-state index in [-0.39, 0.29) is 17.0 Å². The van der Waals surface area contributed by atoms with E-state index in [2.05, 4.69) is 17.3 Å². The van der Waals surface area contributed by atoms with Crippen molar-refractivity contribution in [3.05, 3.63) is 40.3 Å². The number of carbonyl (C=O) groups excluding carboxylic acids is 1. The predicted molar refractivity (Wildman–Crippen MR) is 109 cm³/mol. The van der Waals surface area contributed by atoms with Crippen LogP contribution in [0.5, 0.6) is 0 Å². The average Bonchev–Trinajstić information content (AvgIpc) is 2.66. The van der Waals surface area contributed by atoms with Crippen molar-refractivity contribution in [2.24, 2.45) is 17.8 Å². The summed E-state index contributed by atoms with van der Waals surface area (Å²) in [6.45, 7) is 2.64. The molecule has 28 heavy (non-hydrogen) atoms. The lowest BCUT2D eigenvalue weighted by molar-refractivity contribution is -0.0167. The van der Waals surface area contributed by atoms with Gasteiger partial charge in [-0.15, -0.1) is 0 Å². The van der Waals surface area contributed by atoms with Crippen LogP contribution in [0.15, 0.2) is 29.1 Å². The summed E-state index contributed by atoms with van der Waals surface area (Å²) in [6, 6.07) is 7.39. The highest BCUT2D eigenvalue weighted by Crippen LogP contribution is 2.55. The van der Waals surface area contributed by atoms with Gasteiger partial charge >= 0.3 is 0 Å². The van der Waals surface area contributed by atoms with Gasteiger partial charge in [0.15, 0.2) is 5.69 Å². The van der Waals surface area contributed by atoms with E-state index < -0.39 is 0 Å². The number of nitrogens with zero attached hydrogens (tertiary/aromatic N) is 2. The number of hydrogen-bond donors (Lipinski definition) is 1. The van der Waals surface area contributed by atoms with Crippen molar-refractivity contribution in [3.8, 4) is 0 Å². The minimum atomic E-state index is -0.108. The molecule has 0 atom stereocenters. The number of rotatable bonds is 5. The molecular weight excluding hydrogens is 350 g/mol. The van der Waals surface area contributed by atoms with Crippen LogP contribution in [0.3, 0.4) is 0 Å². The highest BCUT2D eigenvalue weighted by Gasteiger charge is 2.51. The number of aryl methyl sites for hydroxylation is 1. The standard InChI is InChI=1S/C23H29N3O2/c1-2-3-8-26-22(28)19-7-5-4-6-18(19)20(25-26)21(27)24-23-12-15-9-16(13-23)11-17(10-15)14-23/h4-7,15-17H,2-3,8-14H2,1H3,(H,24,27). The topological polar surface area (TPSA) is 64.0 Å². The number of benzene rings is 1. The van der Waals surface area contributed by atoms with Crippen molar-refractivity contribution in [1.29, 1.82) is 0 Å². The first-order chi connectivity index (χ1) is 13.6. The molecule has 5 heteroatoms. The molecule has 0 unspecified atom stereocenters. The lowest BCUT2D eigenvalue weighted by atomic mass is 9.53. The summed E-state index contributed by atoms with van der Waals surface area (Å²) in [4.78, 5) is 26.2. The van der Waals surface area contributed by atoms with Crippen LogP contribution in [0.4, 0.5) is 0 Å². The molecule has 4 aliphatic rings. The number of amides is 1. The first-order valence-corrected chi connectivity index (χ1v) is 10.9. The molecule has 4 aliphatic carbocycles. The van der Waals surface area contributed by atoms with Gasteiger partial charge in [-0.1, -0.05) is 31.5 Å². The normalized spacial score (nSPS) is 30.7. The van der Waals surface area contributed by atoms with Crippen LogP contribution < -0.4 is 10.9 Å². The van der Waals surface area contributed by atoms with Crippen LogP contribution in [0, 0.1) is 17.8 Å². The lowest BCUT2D eigenvalue weighted by Crippen LogP contribution is -2.60. The van der Waals surface area contributed by atoms with Crippen LogP contribution >= 0.6 is 0 Å². The van der Waals surface area contributed by atoms with Gasteiger partial charge in [-0.25, -0.2) is 4.68 Å². The van der Waals surface area contributed by atoms with Gasteiger partial charge < -0.3 is 5.32 Å². The first-order valence-electron chi connectivity index (χ1n) is 10.9.